The number of halogens is 1. The lowest BCUT2D eigenvalue weighted by Crippen LogP contribution is -1.98. The molecule has 0 aromatic carbocycles. The van der Waals surface area contributed by atoms with Crippen molar-refractivity contribution >= 4 is 18.4 Å². The summed E-state index contributed by atoms with van der Waals surface area (Å²) in [5.41, 5.74) is 8.34. The van der Waals surface area contributed by atoms with Crippen LogP contribution in [0.25, 0.3) is 0 Å². The van der Waals surface area contributed by atoms with Crippen molar-refractivity contribution < 1.29 is 4.42 Å². The Morgan fingerprint density at radius 1 is 1.42 bits per heavy atom. The molecule has 0 aliphatic heterocycles. The summed E-state index contributed by atoms with van der Waals surface area (Å²) in [6.07, 6.45) is 7.56. The summed E-state index contributed by atoms with van der Waals surface area (Å²) in [5.74, 6) is 0.413. The van der Waals surface area contributed by atoms with Crippen LogP contribution in [-0.4, -0.2) is 25.0 Å². The number of furan rings is 1. The number of nitrogens with one attached hydrogen (secondary N) is 1. The summed E-state index contributed by atoms with van der Waals surface area (Å²) in [6.45, 7) is 0.647. The maximum absolute atomic E-state index is 5.51. The number of rotatable bonds is 4. The number of H-pyrrole nitrogens is 1. The minimum atomic E-state index is 0. The van der Waals surface area contributed by atoms with Gasteiger partial charge in [-0.05, 0) is 6.07 Å². The van der Waals surface area contributed by atoms with Crippen LogP contribution in [0.5, 0.6) is 0 Å². The van der Waals surface area contributed by atoms with Crippen molar-refractivity contribution in [1.82, 2.24) is 25.0 Å². The Labute approximate surface area is 115 Å². The van der Waals surface area contributed by atoms with Crippen LogP contribution in [0, 0.1) is 0 Å². The van der Waals surface area contributed by atoms with E-state index in [1.54, 1.807) is 23.4 Å². The highest BCUT2D eigenvalue weighted by molar-refractivity contribution is 5.85. The molecule has 0 unspecified atom stereocenters. The zero-order chi connectivity index (χ0) is 12.4. The Morgan fingerprint density at radius 2 is 2.32 bits per heavy atom. The molecule has 0 fully saturated rings. The molecule has 7 nitrogen and oxygen atoms in total. The average molecular weight is 281 g/mol. The molecule has 3 heterocycles. The summed E-state index contributed by atoms with van der Waals surface area (Å²) in [4.78, 5) is 6.89. The fraction of sp³-hybridized carbons (Fsp3) is 0.182. The van der Waals surface area contributed by atoms with Crippen LogP contribution < -0.4 is 5.73 Å². The van der Waals surface area contributed by atoms with Crippen LogP contribution in [0.1, 0.15) is 17.0 Å². The van der Waals surface area contributed by atoms with Gasteiger partial charge in [0.05, 0.1) is 31.0 Å². The van der Waals surface area contributed by atoms with E-state index in [1.807, 2.05) is 12.3 Å². The second-order valence-corrected chi connectivity index (χ2v) is 4.01. The van der Waals surface area contributed by atoms with E-state index in [4.69, 9.17) is 10.2 Å². The van der Waals surface area contributed by atoms with Crippen LogP contribution in [0.4, 0.5) is 5.95 Å². The Kier molecular flexibility index (Phi) is 3.86. The molecule has 0 aliphatic rings. The van der Waals surface area contributed by atoms with Gasteiger partial charge in [0.1, 0.15) is 0 Å². The number of imidazole rings is 1. The largest absolute Gasteiger partial charge is 0.472 e. The van der Waals surface area contributed by atoms with E-state index in [0.717, 1.165) is 17.0 Å². The first-order valence-corrected chi connectivity index (χ1v) is 5.49. The van der Waals surface area contributed by atoms with Gasteiger partial charge in [0.2, 0.25) is 0 Å². The molecule has 0 amide bonds. The minimum absolute atomic E-state index is 0. The minimum Gasteiger partial charge on any atom is -0.472 e. The first-order valence-electron chi connectivity index (χ1n) is 5.49. The number of nitrogens with two attached hydrogens (primary N) is 1. The Hall–Kier alpha value is -2.28. The van der Waals surface area contributed by atoms with E-state index in [1.165, 1.54) is 0 Å². The fourth-order valence-electron chi connectivity index (χ4n) is 1.73. The van der Waals surface area contributed by atoms with Gasteiger partial charge < -0.3 is 15.1 Å². The molecule has 19 heavy (non-hydrogen) atoms. The first kappa shape index (κ1) is 13.2. The lowest BCUT2D eigenvalue weighted by atomic mass is 10.3. The third kappa shape index (κ3) is 3.14. The Bertz CT molecular complexity index is 629. The summed E-state index contributed by atoms with van der Waals surface area (Å²) < 4.78 is 6.77. The van der Waals surface area contributed by atoms with Crippen molar-refractivity contribution in [2.45, 2.75) is 13.0 Å². The summed E-state index contributed by atoms with van der Waals surface area (Å²) in [7, 11) is 0. The SMILES string of the molecule is Cl.Nc1ncc(Cc2cn(Cc3ccoc3)nn2)[nH]1. The standard InChI is InChI=1S/C11H12N6O.ClH/c12-11-13-4-9(14-11)3-10-6-17(16-15-10)5-8-1-2-18-7-8;/h1-2,4,6-7H,3,5H2,(H3,12,13,14);1H. The predicted octanol–water partition coefficient (Wildman–Crippen LogP) is 1.24. The molecule has 0 bridgehead atoms. The number of aromatic nitrogens is 5. The highest BCUT2D eigenvalue weighted by Gasteiger charge is 2.05. The second-order valence-electron chi connectivity index (χ2n) is 4.01. The lowest BCUT2D eigenvalue weighted by molar-refractivity contribution is 0.558. The Morgan fingerprint density at radius 3 is 3.00 bits per heavy atom. The fourth-order valence-corrected chi connectivity index (χ4v) is 1.73. The quantitative estimate of drug-likeness (QED) is 0.749. The molecular formula is C11H13ClN6O. The molecule has 0 radical (unpaired) electrons. The molecule has 0 spiro atoms. The maximum atomic E-state index is 5.51. The first-order chi connectivity index (χ1) is 8.79. The average Bonchev–Trinajstić information content (AvgIpc) is 3.04. The number of hydrogen-bond donors (Lipinski definition) is 2. The van der Waals surface area contributed by atoms with Crippen LogP contribution >= 0.6 is 12.4 Å². The van der Waals surface area contributed by atoms with Crippen molar-refractivity contribution in [1.29, 1.82) is 0 Å². The smallest absolute Gasteiger partial charge is 0.197 e. The molecule has 0 atom stereocenters. The van der Waals surface area contributed by atoms with Gasteiger partial charge in [-0.2, -0.15) is 0 Å². The number of aromatic amines is 1. The lowest BCUT2D eigenvalue weighted by Gasteiger charge is -1.94. The van der Waals surface area contributed by atoms with E-state index >= 15 is 0 Å². The third-order valence-electron chi connectivity index (χ3n) is 2.53. The number of hydrogen-bond acceptors (Lipinski definition) is 5. The second kappa shape index (κ2) is 5.57. The summed E-state index contributed by atoms with van der Waals surface area (Å²) >= 11 is 0. The van der Waals surface area contributed by atoms with E-state index in [2.05, 4.69) is 20.3 Å². The molecule has 8 heteroatoms. The predicted molar refractivity (Wildman–Crippen MR) is 70.9 cm³/mol. The van der Waals surface area contributed by atoms with Crippen molar-refractivity contribution in [2.75, 3.05) is 5.73 Å². The van der Waals surface area contributed by atoms with Gasteiger partial charge in [-0.3, -0.25) is 0 Å². The molecule has 3 rings (SSSR count). The summed E-state index contributed by atoms with van der Waals surface area (Å²) in [5, 5.41) is 8.15. The monoisotopic (exact) mass is 280 g/mol. The molecule has 3 aromatic rings. The maximum Gasteiger partial charge on any atom is 0.197 e. The molecule has 0 saturated heterocycles. The van der Waals surface area contributed by atoms with Crippen LogP contribution in [0.3, 0.4) is 0 Å². The normalized spacial score (nSPS) is 10.3. The molecule has 0 aliphatic carbocycles. The van der Waals surface area contributed by atoms with E-state index in [0.29, 0.717) is 18.9 Å². The molecule has 3 aromatic heterocycles. The topological polar surface area (TPSA) is 98.6 Å². The van der Waals surface area contributed by atoms with Crippen LogP contribution in [0.2, 0.25) is 0 Å². The Balaban J connectivity index is 0.00000133. The molecule has 100 valence electrons. The van der Waals surface area contributed by atoms with Gasteiger partial charge >= 0.3 is 0 Å². The molecule has 3 N–H and O–H groups in total. The zero-order valence-electron chi connectivity index (χ0n) is 9.98. The van der Waals surface area contributed by atoms with E-state index in [-0.39, 0.29) is 12.4 Å². The number of nitrogen functional groups attached to an aromatic ring is 1. The van der Waals surface area contributed by atoms with Crippen molar-refractivity contribution in [3.8, 4) is 0 Å². The van der Waals surface area contributed by atoms with Gasteiger partial charge in [0, 0.05) is 23.9 Å². The van der Waals surface area contributed by atoms with Gasteiger partial charge in [0.25, 0.3) is 0 Å². The number of nitrogens with zero attached hydrogens (tertiary/aromatic N) is 4. The highest BCUT2D eigenvalue weighted by atomic mass is 35.5. The third-order valence-corrected chi connectivity index (χ3v) is 2.53. The van der Waals surface area contributed by atoms with Gasteiger partial charge in [-0.1, -0.05) is 5.21 Å². The van der Waals surface area contributed by atoms with Crippen LogP contribution in [-0.2, 0) is 13.0 Å². The van der Waals surface area contributed by atoms with E-state index in [9.17, 15) is 0 Å². The number of anilines is 1. The molecule has 0 saturated carbocycles. The van der Waals surface area contributed by atoms with Crippen molar-refractivity contribution in [2.24, 2.45) is 0 Å². The summed E-state index contributed by atoms with van der Waals surface area (Å²) in [6, 6.07) is 1.90. The van der Waals surface area contributed by atoms with Gasteiger partial charge in [0.15, 0.2) is 5.95 Å². The van der Waals surface area contributed by atoms with E-state index < -0.39 is 0 Å². The van der Waals surface area contributed by atoms with Crippen LogP contribution in [0.15, 0.2) is 35.4 Å². The van der Waals surface area contributed by atoms with Crippen molar-refractivity contribution in [3.05, 3.63) is 47.9 Å². The molecular weight excluding hydrogens is 268 g/mol. The van der Waals surface area contributed by atoms with Gasteiger partial charge in [-0.25, -0.2) is 9.67 Å². The highest BCUT2D eigenvalue weighted by Crippen LogP contribution is 2.07. The van der Waals surface area contributed by atoms with Crippen molar-refractivity contribution in [3.63, 3.8) is 0 Å². The zero-order valence-corrected chi connectivity index (χ0v) is 10.8. The van der Waals surface area contributed by atoms with Gasteiger partial charge in [-0.15, -0.1) is 17.5 Å².